The standard InChI is InChI=1S/C18H21Cl2N3O3/c1-11-14(10-17(24)22-26-18-5-3-4-8-25-18)12(2)23(21-11)16-7-6-13(19)9-15(16)20/h6-7,9,18H,3-5,8,10H2,1-2H3,(H,22,24). The number of nitrogens with one attached hydrogen (secondary N) is 1. The lowest BCUT2D eigenvalue weighted by molar-refractivity contribution is -0.200. The number of hydrogen-bond donors (Lipinski definition) is 1. The molecule has 1 atom stereocenters. The van der Waals surface area contributed by atoms with E-state index in [1.807, 2.05) is 13.8 Å². The number of aryl methyl sites for hydroxylation is 1. The Morgan fingerprint density at radius 2 is 2.19 bits per heavy atom. The lowest BCUT2D eigenvalue weighted by Gasteiger charge is -2.22. The summed E-state index contributed by atoms with van der Waals surface area (Å²) < 4.78 is 7.16. The number of carbonyl (C=O) groups is 1. The van der Waals surface area contributed by atoms with Gasteiger partial charge in [0.2, 0.25) is 5.91 Å². The monoisotopic (exact) mass is 397 g/mol. The van der Waals surface area contributed by atoms with Gasteiger partial charge in [-0.05, 0) is 44.9 Å². The maximum atomic E-state index is 12.2. The number of rotatable bonds is 5. The van der Waals surface area contributed by atoms with E-state index in [0.717, 1.165) is 41.9 Å². The minimum Gasteiger partial charge on any atom is -0.350 e. The first-order valence-electron chi connectivity index (χ1n) is 8.52. The molecule has 1 aromatic heterocycles. The summed E-state index contributed by atoms with van der Waals surface area (Å²) in [7, 11) is 0. The first kappa shape index (κ1) is 19.2. The summed E-state index contributed by atoms with van der Waals surface area (Å²) in [5, 5.41) is 5.57. The molecule has 1 aromatic carbocycles. The molecule has 2 heterocycles. The predicted octanol–water partition coefficient (Wildman–Crippen LogP) is 3.91. The highest BCUT2D eigenvalue weighted by molar-refractivity contribution is 6.35. The molecule has 26 heavy (non-hydrogen) atoms. The zero-order valence-electron chi connectivity index (χ0n) is 14.7. The lowest BCUT2D eigenvalue weighted by Crippen LogP contribution is -2.34. The van der Waals surface area contributed by atoms with Crippen LogP contribution in [0.15, 0.2) is 18.2 Å². The molecule has 1 N–H and O–H groups in total. The number of aromatic nitrogens is 2. The van der Waals surface area contributed by atoms with Crippen LogP contribution in [0.5, 0.6) is 0 Å². The Balaban J connectivity index is 1.70. The van der Waals surface area contributed by atoms with Gasteiger partial charge >= 0.3 is 0 Å². The highest BCUT2D eigenvalue weighted by Crippen LogP contribution is 2.27. The molecule has 8 heteroatoms. The summed E-state index contributed by atoms with van der Waals surface area (Å²) in [6.45, 7) is 4.42. The topological polar surface area (TPSA) is 65.4 Å². The molecule has 3 rings (SSSR count). The third-order valence-electron chi connectivity index (χ3n) is 4.36. The molecule has 1 amide bonds. The second-order valence-corrected chi connectivity index (χ2v) is 7.12. The Hall–Kier alpha value is -1.60. The molecule has 6 nitrogen and oxygen atoms in total. The Morgan fingerprint density at radius 3 is 2.88 bits per heavy atom. The van der Waals surface area contributed by atoms with Gasteiger partial charge in [-0.1, -0.05) is 23.2 Å². The summed E-state index contributed by atoms with van der Waals surface area (Å²) in [5.41, 5.74) is 5.64. The smallest absolute Gasteiger partial charge is 0.248 e. The SMILES string of the molecule is Cc1nn(-c2ccc(Cl)cc2Cl)c(C)c1CC(=O)NOC1CCCCO1. The minimum absolute atomic E-state index is 0.162. The van der Waals surface area contributed by atoms with Crippen LogP contribution in [-0.2, 0) is 20.8 Å². The van der Waals surface area contributed by atoms with Crippen molar-refractivity contribution in [2.45, 2.75) is 45.8 Å². The average molecular weight is 398 g/mol. The van der Waals surface area contributed by atoms with Gasteiger partial charge in [-0.25, -0.2) is 15.0 Å². The first-order valence-corrected chi connectivity index (χ1v) is 9.28. The van der Waals surface area contributed by atoms with Crippen molar-refractivity contribution in [1.29, 1.82) is 0 Å². The number of hydrogen-bond acceptors (Lipinski definition) is 4. The molecule has 0 bridgehead atoms. The fraction of sp³-hybridized carbons (Fsp3) is 0.444. The van der Waals surface area contributed by atoms with E-state index in [0.29, 0.717) is 16.7 Å². The van der Waals surface area contributed by atoms with E-state index in [4.69, 9.17) is 32.8 Å². The molecule has 1 unspecified atom stereocenters. The van der Waals surface area contributed by atoms with Crippen LogP contribution in [0.1, 0.15) is 36.2 Å². The van der Waals surface area contributed by atoms with Crippen molar-refractivity contribution in [1.82, 2.24) is 15.3 Å². The van der Waals surface area contributed by atoms with E-state index in [1.54, 1.807) is 22.9 Å². The summed E-state index contributed by atoms with van der Waals surface area (Å²) >= 11 is 12.2. The van der Waals surface area contributed by atoms with Crippen molar-refractivity contribution in [2.75, 3.05) is 6.61 Å². The molecular weight excluding hydrogens is 377 g/mol. The van der Waals surface area contributed by atoms with Crippen molar-refractivity contribution in [2.24, 2.45) is 0 Å². The Kier molecular flexibility index (Phi) is 6.19. The van der Waals surface area contributed by atoms with Crippen molar-refractivity contribution < 1.29 is 14.4 Å². The number of hydroxylamine groups is 1. The van der Waals surface area contributed by atoms with Gasteiger partial charge in [-0.2, -0.15) is 5.10 Å². The van der Waals surface area contributed by atoms with Crippen LogP contribution >= 0.6 is 23.2 Å². The summed E-state index contributed by atoms with van der Waals surface area (Å²) in [6.07, 6.45) is 2.64. The van der Waals surface area contributed by atoms with E-state index >= 15 is 0 Å². The third-order valence-corrected chi connectivity index (χ3v) is 4.90. The van der Waals surface area contributed by atoms with Crippen molar-refractivity contribution in [3.8, 4) is 5.69 Å². The van der Waals surface area contributed by atoms with Gasteiger partial charge in [-0.3, -0.25) is 4.79 Å². The predicted molar refractivity (Wildman–Crippen MR) is 99.6 cm³/mol. The molecule has 0 saturated carbocycles. The highest BCUT2D eigenvalue weighted by Gasteiger charge is 2.19. The van der Waals surface area contributed by atoms with Gasteiger partial charge in [0.15, 0.2) is 6.29 Å². The van der Waals surface area contributed by atoms with Crippen molar-refractivity contribution in [3.63, 3.8) is 0 Å². The minimum atomic E-state index is -0.370. The van der Waals surface area contributed by atoms with Crippen molar-refractivity contribution >= 4 is 29.1 Å². The Morgan fingerprint density at radius 1 is 1.38 bits per heavy atom. The van der Waals surface area contributed by atoms with E-state index < -0.39 is 0 Å². The van der Waals surface area contributed by atoms with Crippen LogP contribution in [-0.4, -0.2) is 28.6 Å². The van der Waals surface area contributed by atoms with Crippen LogP contribution in [0.3, 0.4) is 0 Å². The maximum absolute atomic E-state index is 12.2. The van der Waals surface area contributed by atoms with Crippen LogP contribution in [0.25, 0.3) is 5.69 Å². The van der Waals surface area contributed by atoms with E-state index in [9.17, 15) is 4.79 Å². The fourth-order valence-corrected chi connectivity index (χ4v) is 3.44. The highest BCUT2D eigenvalue weighted by atomic mass is 35.5. The average Bonchev–Trinajstić information content (AvgIpc) is 2.89. The quantitative estimate of drug-likeness (QED) is 0.776. The number of ether oxygens (including phenoxy) is 1. The van der Waals surface area contributed by atoms with Crippen LogP contribution in [0, 0.1) is 13.8 Å². The molecule has 1 aliphatic rings. The number of benzene rings is 1. The maximum Gasteiger partial charge on any atom is 0.248 e. The molecule has 2 aromatic rings. The summed E-state index contributed by atoms with van der Waals surface area (Å²) in [6, 6.07) is 5.22. The zero-order valence-corrected chi connectivity index (χ0v) is 16.2. The van der Waals surface area contributed by atoms with Crippen LogP contribution in [0.4, 0.5) is 0 Å². The van der Waals surface area contributed by atoms with Gasteiger partial charge in [0.05, 0.1) is 22.8 Å². The van der Waals surface area contributed by atoms with Gasteiger partial charge in [0, 0.05) is 29.3 Å². The lowest BCUT2D eigenvalue weighted by atomic mass is 10.1. The van der Waals surface area contributed by atoms with E-state index in [-0.39, 0.29) is 18.6 Å². The number of carbonyl (C=O) groups excluding carboxylic acids is 1. The Bertz CT molecular complexity index is 801. The second kappa shape index (κ2) is 8.39. The number of nitrogens with zero attached hydrogens (tertiary/aromatic N) is 2. The fourth-order valence-electron chi connectivity index (χ4n) is 2.95. The second-order valence-electron chi connectivity index (χ2n) is 6.27. The largest absolute Gasteiger partial charge is 0.350 e. The summed E-state index contributed by atoms with van der Waals surface area (Å²) in [4.78, 5) is 17.6. The number of halogens is 2. The molecule has 0 aliphatic carbocycles. The van der Waals surface area contributed by atoms with Gasteiger partial charge < -0.3 is 4.74 Å². The molecule has 0 radical (unpaired) electrons. The molecular formula is C18H21Cl2N3O3. The van der Waals surface area contributed by atoms with Crippen molar-refractivity contribution in [3.05, 3.63) is 45.2 Å². The number of amides is 1. The Labute approximate surface area is 162 Å². The van der Waals surface area contributed by atoms with E-state index in [2.05, 4.69) is 10.6 Å². The van der Waals surface area contributed by atoms with Gasteiger partial charge in [0.25, 0.3) is 0 Å². The zero-order chi connectivity index (χ0) is 18.7. The summed E-state index contributed by atoms with van der Waals surface area (Å²) in [5.74, 6) is -0.243. The molecule has 1 fully saturated rings. The molecule has 1 saturated heterocycles. The van der Waals surface area contributed by atoms with Gasteiger partial charge in [-0.15, -0.1) is 0 Å². The van der Waals surface area contributed by atoms with E-state index in [1.165, 1.54) is 0 Å². The molecule has 1 aliphatic heterocycles. The first-order chi connectivity index (χ1) is 12.5. The normalized spacial score (nSPS) is 17.3. The van der Waals surface area contributed by atoms with Crippen LogP contribution in [0.2, 0.25) is 10.0 Å². The molecule has 0 spiro atoms. The third kappa shape index (κ3) is 4.38. The van der Waals surface area contributed by atoms with Crippen LogP contribution < -0.4 is 5.48 Å². The molecule has 140 valence electrons. The van der Waals surface area contributed by atoms with Gasteiger partial charge in [0.1, 0.15) is 0 Å².